The second-order valence-electron chi connectivity index (χ2n) is 5.08. The number of amides is 1. The van der Waals surface area contributed by atoms with Crippen LogP contribution < -0.4 is 4.90 Å². The summed E-state index contributed by atoms with van der Waals surface area (Å²) in [6.45, 7) is 6.81. The monoisotopic (exact) mass is 330 g/mol. The predicted molar refractivity (Wildman–Crippen MR) is 95.4 cm³/mol. The van der Waals surface area contributed by atoms with Crippen LogP contribution in [0.5, 0.6) is 0 Å². The second-order valence-corrected chi connectivity index (χ2v) is 7.23. The molecule has 3 nitrogen and oxygen atoms in total. The van der Waals surface area contributed by atoms with Gasteiger partial charge in [-0.15, -0.1) is 11.3 Å². The standard InChI is InChI=1S/C17H18N2OS2/c1-4-13-11(3)10-15(21-13)16(20)19(5-2)17-18-12-8-6-7-9-14(12)22-17/h6-10H,4-5H2,1-3H3. The molecule has 0 atom stereocenters. The Morgan fingerprint density at radius 1 is 1.23 bits per heavy atom. The maximum atomic E-state index is 12.8. The van der Waals surface area contributed by atoms with E-state index in [1.54, 1.807) is 27.6 Å². The van der Waals surface area contributed by atoms with Gasteiger partial charge in [-0.2, -0.15) is 0 Å². The van der Waals surface area contributed by atoms with E-state index in [1.807, 2.05) is 37.3 Å². The highest BCUT2D eigenvalue weighted by molar-refractivity contribution is 7.22. The highest BCUT2D eigenvalue weighted by atomic mass is 32.1. The Morgan fingerprint density at radius 2 is 2.00 bits per heavy atom. The smallest absolute Gasteiger partial charge is 0.270 e. The maximum Gasteiger partial charge on any atom is 0.270 e. The summed E-state index contributed by atoms with van der Waals surface area (Å²) in [5, 5.41) is 0.776. The summed E-state index contributed by atoms with van der Waals surface area (Å²) in [5.41, 5.74) is 2.15. The minimum atomic E-state index is 0.0503. The van der Waals surface area contributed by atoms with Gasteiger partial charge in [-0.3, -0.25) is 9.69 Å². The fourth-order valence-electron chi connectivity index (χ4n) is 2.45. The van der Waals surface area contributed by atoms with Crippen molar-refractivity contribution in [2.75, 3.05) is 11.4 Å². The summed E-state index contributed by atoms with van der Waals surface area (Å²) < 4.78 is 1.11. The first-order valence-corrected chi connectivity index (χ1v) is 9.04. The lowest BCUT2D eigenvalue weighted by Gasteiger charge is -2.16. The predicted octanol–water partition coefficient (Wildman–Crippen LogP) is 4.90. The number of fused-ring (bicyclic) bond motifs is 1. The van der Waals surface area contributed by atoms with E-state index in [1.165, 1.54) is 10.4 Å². The molecule has 1 amide bonds. The van der Waals surface area contributed by atoms with Gasteiger partial charge in [0.2, 0.25) is 0 Å². The number of hydrogen-bond acceptors (Lipinski definition) is 4. The maximum absolute atomic E-state index is 12.8. The molecule has 0 saturated heterocycles. The number of benzene rings is 1. The number of aromatic nitrogens is 1. The Morgan fingerprint density at radius 3 is 2.64 bits per heavy atom. The van der Waals surface area contributed by atoms with E-state index in [0.717, 1.165) is 26.6 Å². The molecule has 0 fully saturated rings. The Bertz CT molecular complexity index is 786. The van der Waals surface area contributed by atoms with Gasteiger partial charge >= 0.3 is 0 Å². The van der Waals surface area contributed by atoms with Gasteiger partial charge in [0.25, 0.3) is 5.91 Å². The first-order chi connectivity index (χ1) is 10.6. The van der Waals surface area contributed by atoms with Gasteiger partial charge in [0.05, 0.1) is 15.1 Å². The van der Waals surface area contributed by atoms with Crippen LogP contribution in [-0.4, -0.2) is 17.4 Å². The normalized spacial score (nSPS) is 11.0. The number of nitrogens with zero attached hydrogens (tertiary/aromatic N) is 2. The third kappa shape index (κ3) is 2.66. The van der Waals surface area contributed by atoms with Crippen LogP contribution in [0.2, 0.25) is 0 Å². The zero-order valence-electron chi connectivity index (χ0n) is 12.9. The van der Waals surface area contributed by atoms with Gasteiger partial charge in [-0.25, -0.2) is 4.98 Å². The first kappa shape index (κ1) is 15.2. The fraction of sp³-hybridized carbons (Fsp3) is 0.294. The molecule has 0 saturated carbocycles. The largest absolute Gasteiger partial charge is 0.284 e. The molecule has 114 valence electrons. The molecule has 0 unspecified atom stereocenters. The number of carbonyl (C=O) groups excluding carboxylic acids is 1. The van der Waals surface area contributed by atoms with E-state index >= 15 is 0 Å². The zero-order chi connectivity index (χ0) is 15.7. The lowest BCUT2D eigenvalue weighted by molar-refractivity contribution is 0.0992. The molecule has 2 aromatic heterocycles. The van der Waals surface area contributed by atoms with Gasteiger partial charge in [0.1, 0.15) is 0 Å². The molecular weight excluding hydrogens is 312 g/mol. The van der Waals surface area contributed by atoms with Gasteiger partial charge in [0, 0.05) is 11.4 Å². The lowest BCUT2D eigenvalue weighted by atomic mass is 10.2. The van der Waals surface area contributed by atoms with Crippen molar-refractivity contribution in [3.8, 4) is 0 Å². The van der Waals surface area contributed by atoms with E-state index in [9.17, 15) is 4.79 Å². The molecule has 2 heterocycles. The van der Waals surface area contributed by atoms with Crippen LogP contribution in [0.3, 0.4) is 0 Å². The van der Waals surface area contributed by atoms with Crippen molar-refractivity contribution < 1.29 is 4.79 Å². The van der Waals surface area contributed by atoms with Crippen LogP contribution in [0.15, 0.2) is 30.3 Å². The molecule has 0 bridgehead atoms. The first-order valence-electron chi connectivity index (χ1n) is 7.40. The Hall–Kier alpha value is -1.72. The number of hydrogen-bond donors (Lipinski definition) is 0. The van der Waals surface area contributed by atoms with Crippen LogP contribution in [-0.2, 0) is 6.42 Å². The summed E-state index contributed by atoms with van der Waals surface area (Å²) in [5.74, 6) is 0.0503. The summed E-state index contributed by atoms with van der Waals surface area (Å²) in [4.78, 5) is 21.3. The van der Waals surface area contributed by atoms with Gasteiger partial charge < -0.3 is 0 Å². The van der Waals surface area contributed by atoms with Crippen molar-refractivity contribution >= 4 is 43.9 Å². The topological polar surface area (TPSA) is 33.2 Å². The van der Waals surface area contributed by atoms with Crippen molar-refractivity contribution in [1.82, 2.24) is 4.98 Å². The van der Waals surface area contributed by atoms with Crippen molar-refractivity contribution in [2.45, 2.75) is 27.2 Å². The third-order valence-electron chi connectivity index (χ3n) is 3.63. The van der Waals surface area contributed by atoms with E-state index in [0.29, 0.717) is 6.54 Å². The lowest BCUT2D eigenvalue weighted by Crippen LogP contribution is -2.29. The molecule has 0 aliphatic rings. The molecule has 3 rings (SSSR count). The Balaban J connectivity index is 1.97. The second kappa shape index (κ2) is 6.18. The number of anilines is 1. The average molecular weight is 330 g/mol. The molecule has 1 aromatic carbocycles. The van der Waals surface area contributed by atoms with Crippen molar-refractivity contribution in [3.63, 3.8) is 0 Å². The molecule has 22 heavy (non-hydrogen) atoms. The van der Waals surface area contributed by atoms with Gasteiger partial charge in [-0.05, 0) is 44.0 Å². The van der Waals surface area contributed by atoms with Crippen LogP contribution in [0.4, 0.5) is 5.13 Å². The summed E-state index contributed by atoms with van der Waals surface area (Å²) in [7, 11) is 0. The molecule has 0 aliphatic carbocycles. The molecule has 0 radical (unpaired) electrons. The van der Waals surface area contributed by atoms with Gasteiger partial charge in [0.15, 0.2) is 5.13 Å². The highest BCUT2D eigenvalue weighted by Gasteiger charge is 2.21. The Kier molecular flexibility index (Phi) is 4.27. The third-order valence-corrected chi connectivity index (χ3v) is 6.06. The molecule has 0 aliphatic heterocycles. The van der Waals surface area contributed by atoms with Crippen molar-refractivity contribution in [2.24, 2.45) is 0 Å². The van der Waals surface area contributed by atoms with Crippen LogP contribution in [0.25, 0.3) is 10.2 Å². The molecule has 5 heteroatoms. The summed E-state index contributed by atoms with van der Waals surface area (Å²) >= 11 is 3.17. The Labute approximate surface area is 138 Å². The summed E-state index contributed by atoms with van der Waals surface area (Å²) in [6.07, 6.45) is 0.969. The quantitative estimate of drug-likeness (QED) is 0.682. The van der Waals surface area contributed by atoms with E-state index in [-0.39, 0.29) is 5.91 Å². The summed E-state index contributed by atoms with van der Waals surface area (Å²) in [6, 6.07) is 10.00. The molecule has 0 N–H and O–H groups in total. The van der Waals surface area contributed by atoms with E-state index in [4.69, 9.17) is 0 Å². The minimum absolute atomic E-state index is 0.0503. The highest BCUT2D eigenvalue weighted by Crippen LogP contribution is 2.31. The number of para-hydroxylation sites is 1. The number of aryl methyl sites for hydroxylation is 2. The van der Waals surface area contributed by atoms with Crippen LogP contribution in [0, 0.1) is 6.92 Å². The average Bonchev–Trinajstić information content (AvgIpc) is 3.10. The van der Waals surface area contributed by atoms with Gasteiger partial charge in [-0.1, -0.05) is 30.4 Å². The van der Waals surface area contributed by atoms with E-state index in [2.05, 4.69) is 18.8 Å². The van der Waals surface area contributed by atoms with Crippen LogP contribution >= 0.6 is 22.7 Å². The number of thiophene rings is 1. The number of thiazole rings is 1. The van der Waals surface area contributed by atoms with Crippen LogP contribution in [0.1, 0.15) is 34.0 Å². The van der Waals surface area contributed by atoms with Crippen molar-refractivity contribution in [1.29, 1.82) is 0 Å². The molecule has 0 spiro atoms. The fourth-order valence-corrected chi connectivity index (χ4v) is 4.54. The number of carbonyl (C=O) groups is 1. The zero-order valence-corrected chi connectivity index (χ0v) is 14.6. The molecular formula is C17H18N2OS2. The van der Waals surface area contributed by atoms with E-state index < -0.39 is 0 Å². The SMILES string of the molecule is CCc1sc(C(=O)N(CC)c2nc3ccccc3s2)cc1C. The minimum Gasteiger partial charge on any atom is -0.284 e. The van der Waals surface area contributed by atoms with Crippen molar-refractivity contribution in [3.05, 3.63) is 45.6 Å². The molecule has 3 aromatic rings. The number of rotatable bonds is 4.